The van der Waals surface area contributed by atoms with Crippen LogP contribution in [0.1, 0.15) is 12.8 Å². The SMILES string of the molecule is C=CCNCC(=O)NCC1CC(O)C1. The molecule has 0 bridgehead atoms. The number of hydrogen-bond donors (Lipinski definition) is 3. The first-order valence-electron chi connectivity index (χ1n) is 4.98. The van der Waals surface area contributed by atoms with Crippen molar-refractivity contribution in [2.24, 2.45) is 5.92 Å². The number of rotatable bonds is 6. The molecule has 0 saturated heterocycles. The standard InChI is InChI=1S/C10H18N2O2/c1-2-3-11-7-10(14)12-6-8-4-9(13)5-8/h2,8-9,11,13H,1,3-7H2,(H,12,14). The molecule has 14 heavy (non-hydrogen) atoms. The van der Waals surface area contributed by atoms with Crippen LogP contribution in [0.5, 0.6) is 0 Å². The van der Waals surface area contributed by atoms with Crippen molar-refractivity contribution in [3.63, 3.8) is 0 Å². The molecule has 4 nitrogen and oxygen atoms in total. The van der Waals surface area contributed by atoms with Crippen LogP contribution >= 0.6 is 0 Å². The highest BCUT2D eigenvalue weighted by molar-refractivity contribution is 5.77. The van der Waals surface area contributed by atoms with Crippen molar-refractivity contribution in [1.29, 1.82) is 0 Å². The number of carbonyl (C=O) groups is 1. The fraction of sp³-hybridized carbons (Fsp3) is 0.700. The van der Waals surface area contributed by atoms with Crippen molar-refractivity contribution in [3.8, 4) is 0 Å². The monoisotopic (exact) mass is 198 g/mol. The second-order valence-corrected chi connectivity index (χ2v) is 3.71. The molecule has 80 valence electrons. The zero-order valence-electron chi connectivity index (χ0n) is 8.33. The molecular formula is C10H18N2O2. The van der Waals surface area contributed by atoms with Gasteiger partial charge in [-0.2, -0.15) is 0 Å². The van der Waals surface area contributed by atoms with Gasteiger partial charge in [0.1, 0.15) is 0 Å². The minimum atomic E-state index is -0.143. The van der Waals surface area contributed by atoms with E-state index in [0.717, 1.165) is 12.8 Å². The van der Waals surface area contributed by atoms with Crippen molar-refractivity contribution in [2.45, 2.75) is 18.9 Å². The lowest BCUT2D eigenvalue weighted by molar-refractivity contribution is -0.120. The minimum absolute atomic E-state index is 0.00763. The Balaban J connectivity index is 1.95. The quantitative estimate of drug-likeness (QED) is 0.404. The van der Waals surface area contributed by atoms with Crippen molar-refractivity contribution in [3.05, 3.63) is 12.7 Å². The molecule has 1 amide bonds. The molecule has 1 fully saturated rings. The van der Waals surface area contributed by atoms with Gasteiger partial charge in [0.05, 0.1) is 12.6 Å². The van der Waals surface area contributed by atoms with E-state index in [1.54, 1.807) is 6.08 Å². The molecule has 0 aromatic rings. The van der Waals surface area contributed by atoms with Crippen LogP contribution in [0.2, 0.25) is 0 Å². The molecule has 0 heterocycles. The maximum atomic E-state index is 11.2. The highest BCUT2D eigenvalue weighted by atomic mass is 16.3. The molecule has 4 heteroatoms. The zero-order chi connectivity index (χ0) is 10.4. The van der Waals surface area contributed by atoms with Gasteiger partial charge in [-0.1, -0.05) is 6.08 Å². The molecular weight excluding hydrogens is 180 g/mol. The van der Waals surface area contributed by atoms with Gasteiger partial charge in [0, 0.05) is 13.1 Å². The second-order valence-electron chi connectivity index (χ2n) is 3.71. The zero-order valence-corrected chi connectivity index (χ0v) is 8.33. The molecule has 1 saturated carbocycles. The summed E-state index contributed by atoms with van der Waals surface area (Å²) in [5, 5.41) is 14.8. The Morgan fingerprint density at radius 1 is 1.57 bits per heavy atom. The van der Waals surface area contributed by atoms with Crippen LogP contribution < -0.4 is 10.6 Å². The Labute approximate surface area is 84.4 Å². The van der Waals surface area contributed by atoms with Crippen LogP contribution in [0.15, 0.2) is 12.7 Å². The summed E-state index contributed by atoms with van der Waals surface area (Å²) in [6.07, 6.45) is 3.21. The topological polar surface area (TPSA) is 61.4 Å². The summed E-state index contributed by atoms with van der Waals surface area (Å²) in [7, 11) is 0. The van der Waals surface area contributed by atoms with E-state index < -0.39 is 0 Å². The van der Waals surface area contributed by atoms with E-state index in [0.29, 0.717) is 25.6 Å². The first-order chi connectivity index (χ1) is 6.72. The number of carbonyl (C=O) groups excluding carboxylic acids is 1. The molecule has 1 aliphatic carbocycles. The van der Waals surface area contributed by atoms with Crippen molar-refractivity contribution in [1.82, 2.24) is 10.6 Å². The van der Waals surface area contributed by atoms with Crippen molar-refractivity contribution in [2.75, 3.05) is 19.6 Å². The lowest BCUT2D eigenvalue weighted by atomic mass is 9.82. The van der Waals surface area contributed by atoms with E-state index in [2.05, 4.69) is 17.2 Å². The molecule has 3 N–H and O–H groups in total. The smallest absolute Gasteiger partial charge is 0.233 e. The number of hydrogen-bond acceptors (Lipinski definition) is 3. The Morgan fingerprint density at radius 3 is 2.86 bits per heavy atom. The third-order valence-electron chi connectivity index (χ3n) is 2.37. The van der Waals surface area contributed by atoms with E-state index in [1.807, 2.05) is 0 Å². The van der Waals surface area contributed by atoms with Crippen LogP contribution in [0.4, 0.5) is 0 Å². The molecule has 0 aromatic carbocycles. The van der Waals surface area contributed by atoms with Crippen LogP contribution in [0, 0.1) is 5.92 Å². The molecule has 0 aliphatic heterocycles. The maximum absolute atomic E-state index is 11.2. The molecule has 1 aliphatic rings. The van der Waals surface area contributed by atoms with Gasteiger partial charge >= 0.3 is 0 Å². The van der Waals surface area contributed by atoms with Crippen LogP contribution in [-0.4, -0.2) is 36.8 Å². The molecule has 0 spiro atoms. The van der Waals surface area contributed by atoms with Gasteiger partial charge in [-0.25, -0.2) is 0 Å². The summed E-state index contributed by atoms with van der Waals surface area (Å²) < 4.78 is 0. The van der Waals surface area contributed by atoms with Crippen molar-refractivity contribution >= 4 is 5.91 Å². The molecule has 1 rings (SSSR count). The van der Waals surface area contributed by atoms with Gasteiger partial charge in [-0.05, 0) is 18.8 Å². The van der Waals surface area contributed by atoms with Gasteiger partial charge in [0.15, 0.2) is 0 Å². The summed E-state index contributed by atoms with van der Waals surface area (Å²) in [5.74, 6) is 0.474. The number of aliphatic hydroxyl groups excluding tert-OH is 1. The first kappa shape index (κ1) is 11.2. The van der Waals surface area contributed by atoms with E-state index in [1.165, 1.54) is 0 Å². The van der Waals surface area contributed by atoms with Crippen molar-refractivity contribution < 1.29 is 9.90 Å². The second kappa shape index (κ2) is 5.78. The van der Waals surface area contributed by atoms with Gasteiger partial charge in [0.2, 0.25) is 5.91 Å². The molecule has 0 unspecified atom stereocenters. The van der Waals surface area contributed by atoms with Crippen LogP contribution in [0.3, 0.4) is 0 Å². The first-order valence-corrected chi connectivity index (χ1v) is 4.98. The highest BCUT2D eigenvalue weighted by Gasteiger charge is 2.26. The number of aliphatic hydroxyl groups is 1. The summed E-state index contributed by atoms with van der Waals surface area (Å²) in [5.41, 5.74) is 0. The Hall–Kier alpha value is -0.870. The van der Waals surface area contributed by atoms with Crippen LogP contribution in [-0.2, 0) is 4.79 Å². The summed E-state index contributed by atoms with van der Waals surface area (Å²) in [6.45, 7) is 5.21. The van der Waals surface area contributed by atoms with E-state index in [4.69, 9.17) is 5.11 Å². The lowest BCUT2D eigenvalue weighted by Gasteiger charge is -2.31. The number of nitrogens with one attached hydrogen (secondary N) is 2. The normalized spacial score (nSPS) is 25.2. The van der Waals surface area contributed by atoms with E-state index in [9.17, 15) is 4.79 Å². The average Bonchev–Trinajstić information content (AvgIpc) is 2.11. The van der Waals surface area contributed by atoms with E-state index >= 15 is 0 Å². The average molecular weight is 198 g/mol. The Kier molecular flexibility index (Phi) is 4.62. The fourth-order valence-corrected chi connectivity index (χ4v) is 1.48. The summed E-state index contributed by atoms with van der Waals surface area (Å²) in [6, 6.07) is 0. The van der Waals surface area contributed by atoms with E-state index in [-0.39, 0.29) is 12.0 Å². The Bertz CT molecular complexity index is 200. The summed E-state index contributed by atoms with van der Waals surface area (Å²) in [4.78, 5) is 11.2. The maximum Gasteiger partial charge on any atom is 0.233 e. The number of amides is 1. The van der Waals surface area contributed by atoms with Gasteiger partial charge < -0.3 is 15.7 Å². The van der Waals surface area contributed by atoms with Gasteiger partial charge in [0.25, 0.3) is 0 Å². The van der Waals surface area contributed by atoms with Crippen LogP contribution in [0.25, 0.3) is 0 Å². The predicted molar refractivity (Wildman–Crippen MR) is 54.8 cm³/mol. The summed E-state index contributed by atoms with van der Waals surface area (Å²) >= 11 is 0. The highest BCUT2D eigenvalue weighted by Crippen LogP contribution is 2.25. The third-order valence-corrected chi connectivity index (χ3v) is 2.37. The lowest BCUT2D eigenvalue weighted by Crippen LogP contribution is -2.41. The third kappa shape index (κ3) is 3.89. The fourth-order valence-electron chi connectivity index (χ4n) is 1.48. The molecule has 0 radical (unpaired) electrons. The van der Waals surface area contributed by atoms with Gasteiger partial charge in [-0.3, -0.25) is 4.79 Å². The molecule has 0 atom stereocenters. The minimum Gasteiger partial charge on any atom is -0.393 e. The largest absolute Gasteiger partial charge is 0.393 e. The Morgan fingerprint density at radius 2 is 2.29 bits per heavy atom. The predicted octanol–water partition coefficient (Wildman–Crippen LogP) is -0.351. The van der Waals surface area contributed by atoms with Gasteiger partial charge in [-0.15, -0.1) is 6.58 Å². The molecule has 0 aromatic heterocycles.